The van der Waals surface area contributed by atoms with E-state index in [4.69, 9.17) is 8.37 Å². The molecule has 3 rings (SSSR count). The van der Waals surface area contributed by atoms with Gasteiger partial charge in [-0.25, -0.2) is 0 Å². The lowest BCUT2D eigenvalue weighted by molar-refractivity contribution is 0.435. The minimum absolute atomic E-state index is 0.320. The quantitative estimate of drug-likeness (QED) is 0.356. The van der Waals surface area contributed by atoms with Crippen LogP contribution < -0.4 is 8.37 Å². The fourth-order valence-electron chi connectivity index (χ4n) is 3.84. The Hall–Kier alpha value is -2.01. The van der Waals surface area contributed by atoms with Crippen molar-refractivity contribution < 1.29 is 16.8 Å². The zero-order valence-electron chi connectivity index (χ0n) is 17.4. The average Bonchev–Trinajstić information content (AvgIpc) is 3.05. The van der Waals surface area contributed by atoms with Crippen LogP contribution in [-0.4, -0.2) is 8.42 Å². The minimum atomic E-state index is -4.01. The van der Waals surface area contributed by atoms with Gasteiger partial charge in [-0.3, -0.25) is 0 Å². The highest BCUT2D eigenvalue weighted by Gasteiger charge is 2.33. The lowest BCUT2D eigenvalue weighted by Crippen LogP contribution is -2.08. The molecular formula is C24H32O4S. The van der Waals surface area contributed by atoms with Gasteiger partial charge < -0.3 is 8.37 Å². The molecule has 0 aliphatic carbocycles. The second-order valence-corrected chi connectivity index (χ2v) is 8.95. The van der Waals surface area contributed by atoms with E-state index in [-0.39, 0.29) is 0 Å². The minimum Gasteiger partial charge on any atom is -0.348 e. The van der Waals surface area contributed by atoms with Crippen LogP contribution in [0, 0.1) is 0 Å². The zero-order chi connectivity index (χ0) is 20.5. The van der Waals surface area contributed by atoms with Crippen molar-refractivity contribution in [2.75, 3.05) is 0 Å². The second-order valence-electron chi connectivity index (χ2n) is 7.80. The highest BCUT2D eigenvalue weighted by Crippen LogP contribution is 2.46. The van der Waals surface area contributed by atoms with E-state index < -0.39 is 10.4 Å². The van der Waals surface area contributed by atoms with Gasteiger partial charge in [0.2, 0.25) is 0 Å². The Labute approximate surface area is 175 Å². The predicted molar refractivity (Wildman–Crippen MR) is 118 cm³/mol. The van der Waals surface area contributed by atoms with Crippen molar-refractivity contribution in [3.63, 3.8) is 0 Å². The summed E-state index contributed by atoms with van der Waals surface area (Å²) >= 11 is 0. The molecule has 0 bridgehead atoms. The second kappa shape index (κ2) is 10.7. The maximum absolute atomic E-state index is 11.9. The Kier molecular flexibility index (Phi) is 7.99. The Balaban J connectivity index is 1.53. The first kappa shape index (κ1) is 21.7. The molecule has 0 saturated carbocycles. The first-order valence-electron chi connectivity index (χ1n) is 11.0. The molecule has 4 nitrogen and oxygen atoms in total. The topological polar surface area (TPSA) is 52.6 Å². The molecule has 0 N–H and O–H groups in total. The van der Waals surface area contributed by atoms with Gasteiger partial charge in [-0.2, -0.15) is 0 Å². The van der Waals surface area contributed by atoms with Crippen molar-refractivity contribution in [2.45, 2.75) is 77.6 Å². The van der Waals surface area contributed by atoms with Crippen molar-refractivity contribution in [2.24, 2.45) is 0 Å². The number of aryl methyl sites for hydroxylation is 1. The SMILES string of the molecule is CCCCCCCCCCCCc1ccc(-c2ccccc2)c2c1OS(=O)(=O)O2. The molecular weight excluding hydrogens is 384 g/mol. The van der Waals surface area contributed by atoms with Crippen LogP contribution in [0.25, 0.3) is 11.1 Å². The van der Waals surface area contributed by atoms with E-state index in [1.807, 2.05) is 42.5 Å². The number of rotatable bonds is 12. The first-order chi connectivity index (χ1) is 14.1. The Bertz CT molecular complexity index is 875. The first-order valence-corrected chi connectivity index (χ1v) is 12.3. The van der Waals surface area contributed by atoms with E-state index in [0.717, 1.165) is 36.0 Å². The van der Waals surface area contributed by atoms with E-state index in [2.05, 4.69) is 6.92 Å². The van der Waals surface area contributed by atoms with Crippen molar-refractivity contribution in [3.8, 4) is 22.6 Å². The predicted octanol–water partition coefficient (Wildman–Crippen LogP) is 6.83. The molecule has 0 amide bonds. The number of fused-ring (bicyclic) bond motifs is 1. The van der Waals surface area contributed by atoms with Gasteiger partial charge in [0.1, 0.15) is 0 Å². The monoisotopic (exact) mass is 416 g/mol. The van der Waals surface area contributed by atoms with Gasteiger partial charge in [-0.05, 0) is 18.4 Å². The summed E-state index contributed by atoms with van der Waals surface area (Å²) in [5, 5.41) is 0. The van der Waals surface area contributed by atoms with Gasteiger partial charge in [0.05, 0.1) is 0 Å². The molecule has 2 aromatic carbocycles. The molecule has 0 atom stereocenters. The van der Waals surface area contributed by atoms with Gasteiger partial charge >= 0.3 is 10.4 Å². The normalized spacial score (nSPS) is 14.2. The highest BCUT2D eigenvalue weighted by atomic mass is 32.3. The van der Waals surface area contributed by atoms with Crippen LogP contribution >= 0.6 is 0 Å². The molecule has 0 unspecified atom stereocenters. The maximum Gasteiger partial charge on any atom is 0.501 e. The van der Waals surface area contributed by atoms with Gasteiger partial charge in [0, 0.05) is 11.1 Å². The van der Waals surface area contributed by atoms with Crippen LogP contribution in [-0.2, 0) is 16.8 Å². The fourth-order valence-corrected chi connectivity index (χ4v) is 4.63. The molecule has 1 aliphatic rings. The maximum atomic E-state index is 11.9. The van der Waals surface area contributed by atoms with Crippen molar-refractivity contribution in [1.82, 2.24) is 0 Å². The third-order valence-electron chi connectivity index (χ3n) is 5.45. The van der Waals surface area contributed by atoms with Crippen molar-refractivity contribution >= 4 is 10.4 Å². The lowest BCUT2D eigenvalue weighted by Gasteiger charge is -2.09. The molecule has 0 saturated heterocycles. The summed E-state index contributed by atoms with van der Waals surface area (Å²) in [5.74, 6) is 0.683. The summed E-state index contributed by atoms with van der Waals surface area (Å²) in [6, 6.07) is 13.5. The van der Waals surface area contributed by atoms with Crippen LogP contribution in [0.1, 0.15) is 76.7 Å². The third-order valence-corrected chi connectivity index (χ3v) is 6.19. The molecule has 0 aromatic heterocycles. The zero-order valence-corrected chi connectivity index (χ0v) is 18.2. The highest BCUT2D eigenvalue weighted by molar-refractivity contribution is 7.82. The van der Waals surface area contributed by atoms with Crippen LogP contribution in [0.15, 0.2) is 42.5 Å². The van der Waals surface area contributed by atoms with Crippen LogP contribution in [0.3, 0.4) is 0 Å². The Morgan fingerprint density at radius 1 is 0.690 bits per heavy atom. The summed E-state index contributed by atoms with van der Waals surface area (Å²) in [6.45, 7) is 2.25. The summed E-state index contributed by atoms with van der Waals surface area (Å²) in [6.07, 6.45) is 13.5. The van der Waals surface area contributed by atoms with E-state index in [0.29, 0.717) is 11.5 Å². The fraction of sp³-hybridized carbons (Fsp3) is 0.500. The molecule has 29 heavy (non-hydrogen) atoms. The molecule has 158 valence electrons. The summed E-state index contributed by atoms with van der Waals surface area (Å²) in [7, 11) is -4.01. The Morgan fingerprint density at radius 3 is 1.93 bits per heavy atom. The summed E-state index contributed by atoms with van der Waals surface area (Å²) in [5.41, 5.74) is 2.56. The van der Waals surface area contributed by atoms with Gasteiger partial charge in [0.15, 0.2) is 11.5 Å². The van der Waals surface area contributed by atoms with Crippen molar-refractivity contribution in [3.05, 3.63) is 48.0 Å². The van der Waals surface area contributed by atoms with Crippen LogP contribution in [0.4, 0.5) is 0 Å². The van der Waals surface area contributed by atoms with Crippen LogP contribution in [0.5, 0.6) is 11.5 Å². The molecule has 2 aromatic rings. The number of hydrogen-bond donors (Lipinski definition) is 0. The van der Waals surface area contributed by atoms with Crippen molar-refractivity contribution in [1.29, 1.82) is 0 Å². The third kappa shape index (κ3) is 6.23. The molecule has 0 fully saturated rings. The smallest absolute Gasteiger partial charge is 0.348 e. The largest absolute Gasteiger partial charge is 0.501 e. The summed E-state index contributed by atoms with van der Waals surface area (Å²) in [4.78, 5) is 0. The molecule has 5 heteroatoms. The van der Waals surface area contributed by atoms with E-state index >= 15 is 0 Å². The summed E-state index contributed by atoms with van der Waals surface area (Å²) < 4.78 is 34.2. The molecule has 1 heterocycles. The average molecular weight is 417 g/mol. The van der Waals surface area contributed by atoms with Gasteiger partial charge in [0.25, 0.3) is 0 Å². The van der Waals surface area contributed by atoms with E-state index in [1.165, 1.54) is 51.4 Å². The van der Waals surface area contributed by atoms with E-state index in [1.54, 1.807) is 0 Å². The van der Waals surface area contributed by atoms with Gasteiger partial charge in [-0.1, -0.05) is 107 Å². The molecule has 0 spiro atoms. The standard InChI is InChI=1S/C24H32O4S/c1-2-3-4-5-6-7-8-9-10-12-17-21-18-19-22(20-15-13-11-14-16-20)24-23(21)27-29(25,26)28-24/h11,13-16,18-19H,2-10,12,17H2,1H3. The van der Waals surface area contributed by atoms with E-state index in [9.17, 15) is 8.42 Å². The number of benzene rings is 2. The molecule has 1 aliphatic heterocycles. The van der Waals surface area contributed by atoms with Gasteiger partial charge in [-0.15, -0.1) is 8.42 Å². The Morgan fingerprint density at radius 2 is 1.28 bits per heavy atom. The molecule has 0 radical (unpaired) electrons. The number of hydrogen-bond acceptors (Lipinski definition) is 4. The van der Waals surface area contributed by atoms with Crippen LogP contribution in [0.2, 0.25) is 0 Å². The lowest BCUT2D eigenvalue weighted by atomic mass is 9.98. The number of unbranched alkanes of at least 4 members (excludes halogenated alkanes) is 9.